The molecule has 0 spiro atoms. The molecule has 1 amide bonds. The third kappa shape index (κ3) is 3.86. The van der Waals surface area contributed by atoms with Crippen LogP contribution in [0, 0.1) is 6.92 Å². The van der Waals surface area contributed by atoms with Gasteiger partial charge in [-0.2, -0.15) is 4.80 Å². The lowest BCUT2D eigenvalue weighted by Crippen LogP contribution is -2.30. The van der Waals surface area contributed by atoms with Gasteiger partial charge in [0.25, 0.3) is 0 Å². The second-order valence-corrected chi connectivity index (χ2v) is 4.50. The Hall–Kier alpha value is -2.28. The molecule has 0 bridgehead atoms. The molecule has 0 unspecified atom stereocenters. The number of nitrogens with two attached hydrogens (primary N) is 1. The fraction of sp³-hybridized carbons (Fsp3) is 0.385. The van der Waals surface area contributed by atoms with Crippen LogP contribution in [0.2, 0.25) is 0 Å². The zero-order chi connectivity index (χ0) is 14.4. The Labute approximate surface area is 117 Å². The molecular weight excluding hydrogens is 256 g/mol. The van der Waals surface area contributed by atoms with Crippen molar-refractivity contribution in [2.45, 2.75) is 19.9 Å². The predicted molar refractivity (Wildman–Crippen MR) is 74.7 cm³/mol. The Morgan fingerprint density at radius 1 is 1.35 bits per heavy atom. The van der Waals surface area contributed by atoms with E-state index in [-0.39, 0.29) is 12.5 Å². The van der Waals surface area contributed by atoms with Crippen molar-refractivity contribution in [2.75, 3.05) is 13.1 Å². The van der Waals surface area contributed by atoms with Crippen molar-refractivity contribution in [2.24, 2.45) is 5.73 Å². The van der Waals surface area contributed by atoms with Crippen molar-refractivity contribution in [3.05, 3.63) is 29.8 Å². The van der Waals surface area contributed by atoms with Crippen LogP contribution in [0.1, 0.15) is 12.0 Å². The van der Waals surface area contributed by atoms with Crippen molar-refractivity contribution in [1.29, 1.82) is 0 Å². The van der Waals surface area contributed by atoms with E-state index in [1.165, 1.54) is 10.4 Å². The van der Waals surface area contributed by atoms with E-state index in [0.717, 1.165) is 12.0 Å². The monoisotopic (exact) mass is 274 g/mol. The molecule has 0 aliphatic rings. The average Bonchev–Trinajstić information content (AvgIpc) is 2.88. The number of carbonyl (C=O) groups is 1. The molecule has 7 nitrogen and oxygen atoms in total. The summed E-state index contributed by atoms with van der Waals surface area (Å²) in [7, 11) is 0. The van der Waals surface area contributed by atoms with Crippen LogP contribution in [0.3, 0.4) is 0 Å². The zero-order valence-electron chi connectivity index (χ0n) is 11.4. The Kier molecular flexibility index (Phi) is 4.78. The second-order valence-electron chi connectivity index (χ2n) is 4.50. The second kappa shape index (κ2) is 6.76. The van der Waals surface area contributed by atoms with Crippen LogP contribution in [0.25, 0.3) is 11.4 Å². The average molecular weight is 274 g/mol. The smallest absolute Gasteiger partial charge is 0.243 e. The molecule has 2 aromatic rings. The molecule has 7 heteroatoms. The van der Waals surface area contributed by atoms with Crippen LogP contribution in [0.15, 0.2) is 24.3 Å². The molecule has 0 aliphatic heterocycles. The van der Waals surface area contributed by atoms with Crippen LogP contribution in [0.5, 0.6) is 0 Å². The van der Waals surface area contributed by atoms with Crippen LogP contribution < -0.4 is 11.1 Å². The van der Waals surface area contributed by atoms with E-state index in [0.29, 0.717) is 18.9 Å². The highest BCUT2D eigenvalue weighted by atomic mass is 16.2. The first kappa shape index (κ1) is 14.1. The summed E-state index contributed by atoms with van der Waals surface area (Å²) in [6, 6.07) is 7.82. The molecule has 0 fully saturated rings. The summed E-state index contributed by atoms with van der Waals surface area (Å²) in [6.07, 6.45) is 0.755. The first-order chi connectivity index (χ1) is 9.69. The van der Waals surface area contributed by atoms with E-state index in [4.69, 9.17) is 5.73 Å². The molecular formula is C13H18N6O. The van der Waals surface area contributed by atoms with Gasteiger partial charge < -0.3 is 11.1 Å². The van der Waals surface area contributed by atoms with Gasteiger partial charge in [-0.1, -0.05) is 29.8 Å². The molecule has 2 rings (SSSR count). The van der Waals surface area contributed by atoms with Gasteiger partial charge in [0.05, 0.1) is 0 Å². The maximum atomic E-state index is 11.6. The lowest BCUT2D eigenvalue weighted by Gasteiger charge is -2.02. The molecule has 0 atom stereocenters. The third-order valence-electron chi connectivity index (χ3n) is 2.75. The summed E-state index contributed by atoms with van der Waals surface area (Å²) < 4.78 is 0. The lowest BCUT2D eigenvalue weighted by atomic mass is 10.1. The van der Waals surface area contributed by atoms with Crippen LogP contribution >= 0.6 is 0 Å². The minimum atomic E-state index is -0.147. The van der Waals surface area contributed by atoms with E-state index < -0.39 is 0 Å². The Bertz CT molecular complexity index is 562. The highest BCUT2D eigenvalue weighted by Crippen LogP contribution is 2.13. The summed E-state index contributed by atoms with van der Waals surface area (Å²) in [5.74, 6) is 0.367. The number of hydrogen-bond acceptors (Lipinski definition) is 5. The Morgan fingerprint density at radius 3 is 2.80 bits per heavy atom. The number of nitrogens with zero attached hydrogens (tertiary/aromatic N) is 4. The summed E-state index contributed by atoms with van der Waals surface area (Å²) >= 11 is 0. The van der Waals surface area contributed by atoms with Gasteiger partial charge >= 0.3 is 0 Å². The van der Waals surface area contributed by atoms with E-state index in [9.17, 15) is 4.79 Å². The molecule has 20 heavy (non-hydrogen) atoms. The maximum Gasteiger partial charge on any atom is 0.243 e. The molecule has 0 aliphatic carbocycles. The number of carbonyl (C=O) groups excluding carboxylic acids is 1. The predicted octanol–water partition coefficient (Wildman–Crippen LogP) is 0.114. The summed E-state index contributed by atoms with van der Waals surface area (Å²) in [5, 5.41) is 14.7. The SMILES string of the molecule is Cc1ccc(-c2nnn(CC(=O)NCCCN)n2)cc1. The highest BCUT2D eigenvalue weighted by Gasteiger charge is 2.08. The standard InChI is InChI=1S/C13H18N6O/c1-10-3-5-11(6-4-10)13-16-18-19(17-13)9-12(20)15-8-2-7-14/h3-6H,2,7-9,14H2,1H3,(H,15,20). The number of rotatable bonds is 6. The highest BCUT2D eigenvalue weighted by molar-refractivity contribution is 5.75. The number of benzene rings is 1. The number of nitrogens with one attached hydrogen (secondary N) is 1. The van der Waals surface area contributed by atoms with Gasteiger partial charge in [-0.15, -0.1) is 10.2 Å². The van der Waals surface area contributed by atoms with Crippen LogP contribution in [-0.4, -0.2) is 39.2 Å². The summed E-state index contributed by atoms with van der Waals surface area (Å²) in [6.45, 7) is 3.19. The van der Waals surface area contributed by atoms with Gasteiger partial charge in [0, 0.05) is 12.1 Å². The number of aromatic nitrogens is 4. The van der Waals surface area contributed by atoms with Crippen molar-refractivity contribution >= 4 is 5.91 Å². The fourth-order valence-corrected chi connectivity index (χ4v) is 1.64. The Morgan fingerprint density at radius 2 is 2.10 bits per heavy atom. The van der Waals surface area contributed by atoms with Gasteiger partial charge in [0.15, 0.2) is 0 Å². The fourth-order valence-electron chi connectivity index (χ4n) is 1.64. The van der Waals surface area contributed by atoms with Gasteiger partial charge in [0.2, 0.25) is 11.7 Å². The topological polar surface area (TPSA) is 98.7 Å². The normalized spacial score (nSPS) is 10.5. The molecule has 0 radical (unpaired) electrons. The number of aryl methyl sites for hydroxylation is 1. The van der Waals surface area contributed by atoms with E-state index in [1.54, 1.807) is 0 Å². The van der Waals surface area contributed by atoms with E-state index in [1.807, 2.05) is 31.2 Å². The minimum absolute atomic E-state index is 0.0590. The minimum Gasteiger partial charge on any atom is -0.354 e. The molecule has 3 N–H and O–H groups in total. The summed E-state index contributed by atoms with van der Waals surface area (Å²) in [4.78, 5) is 12.9. The van der Waals surface area contributed by atoms with E-state index in [2.05, 4.69) is 20.7 Å². The third-order valence-corrected chi connectivity index (χ3v) is 2.75. The van der Waals surface area contributed by atoms with Crippen molar-refractivity contribution in [3.8, 4) is 11.4 Å². The van der Waals surface area contributed by atoms with Gasteiger partial charge in [0.1, 0.15) is 6.54 Å². The van der Waals surface area contributed by atoms with Crippen molar-refractivity contribution < 1.29 is 4.79 Å². The molecule has 106 valence electrons. The zero-order valence-corrected chi connectivity index (χ0v) is 11.4. The largest absolute Gasteiger partial charge is 0.354 e. The molecule has 0 saturated heterocycles. The van der Waals surface area contributed by atoms with Crippen LogP contribution in [0.4, 0.5) is 0 Å². The van der Waals surface area contributed by atoms with Gasteiger partial charge in [-0.25, -0.2) is 0 Å². The van der Waals surface area contributed by atoms with Gasteiger partial charge in [-0.05, 0) is 25.1 Å². The lowest BCUT2D eigenvalue weighted by molar-refractivity contribution is -0.122. The molecule has 1 aromatic heterocycles. The Balaban J connectivity index is 1.95. The molecule has 1 aromatic carbocycles. The quantitative estimate of drug-likeness (QED) is 0.729. The van der Waals surface area contributed by atoms with Crippen molar-refractivity contribution in [3.63, 3.8) is 0 Å². The first-order valence-corrected chi connectivity index (χ1v) is 6.50. The van der Waals surface area contributed by atoms with Crippen molar-refractivity contribution in [1.82, 2.24) is 25.5 Å². The van der Waals surface area contributed by atoms with Gasteiger partial charge in [-0.3, -0.25) is 4.79 Å². The molecule has 0 saturated carbocycles. The number of hydrogen-bond donors (Lipinski definition) is 2. The van der Waals surface area contributed by atoms with E-state index >= 15 is 0 Å². The van der Waals surface area contributed by atoms with Crippen LogP contribution in [-0.2, 0) is 11.3 Å². The first-order valence-electron chi connectivity index (χ1n) is 6.50. The summed E-state index contributed by atoms with van der Waals surface area (Å²) in [5.41, 5.74) is 7.40. The molecule has 1 heterocycles. The maximum absolute atomic E-state index is 11.6. The number of amides is 1. The number of tetrazole rings is 1.